The monoisotopic (exact) mass is 211 g/mol. The number of guanidine groups is 1. The predicted octanol–water partition coefficient (Wildman–Crippen LogP) is 0.129. The summed E-state index contributed by atoms with van der Waals surface area (Å²) in [6.07, 6.45) is 5.26. The van der Waals surface area contributed by atoms with Crippen molar-refractivity contribution in [3.8, 4) is 0 Å². The van der Waals surface area contributed by atoms with Crippen LogP contribution in [0.3, 0.4) is 0 Å². The number of nitrogens with two attached hydrogens (primary N) is 1. The van der Waals surface area contributed by atoms with Gasteiger partial charge in [0.25, 0.3) is 0 Å². The predicted molar refractivity (Wildman–Crippen MR) is 55.8 cm³/mol. The van der Waals surface area contributed by atoms with Crippen molar-refractivity contribution in [3.63, 3.8) is 0 Å². The van der Waals surface area contributed by atoms with Gasteiger partial charge in [0, 0.05) is 13.1 Å². The molecule has 0 spiro atoms. The third kappa shape index (κ3) is 1.91. The molecule has 6 heteroatoms. The third-order valence-corrected chi connectivity index (χ3v) is 2.84. The van der Waals surface area contributed by atoms with Crippen LogP contribution in [0.15, 0.2) is 11.9 Å². The van der Waals surface area contributed by atoms with Crippen molar-refractivity contribution in [3.05, 3.63) is 11.9 Å². The van der Waals surface area contributed by atoms with Gasteiger partial charge in [0.15, 0.2) is 0 Å². The molecule has 0 amide bonds. The van der Waals surface area contributed by atoms with Gasteiger partial charge in [0.1, 0.15) is 5.82 Å². The van der Waals surface area contributed by atoms with E-state index in [1.807, 2.05) is 0 Å². The lowest BCUT2D eigenvalue weighted by molar-refractivity contribution is -0.0494. The molecule has 0 aromatic carbocycles. The molecule has 4 N–H and O–H groups in total. The van der Waals surface area contributed by atoms with Crippen molar-refractivity contribution in [2.24, 2.45) is 5.73 Å². The lowest BCUT2D eigenvalue weighted by Crippen LogP contribution is -2.56. The molecule has 0 aliphatic carbocycles. The van der Waals surface area contributed by atoms with E-state index in [4.69, 9.17) is 11.1 Å². The zero-order chi connectivity index (χ0) is 10.8. The average molecular weight is 211 g/mol. The summed E-state index contributed by atoms with van der Waals surface area (Å²) in [6, 6.07) is 0. The maximum absolute atomic E-state index is 9.49. The maximum Gasteiger partial charge on any atom is 0.239 e. The minimum Gasteiger partial charge on any atom is -0.383 e. The first-order chi connectivity index (χ1) is 7.20. The van der Waals surface area contributed by atoms with Crippen molar-refractivity contribution in [1.29, 1.82) is 5.41 Å². The molecule has 0 atom stereocenters. The SMILES string of the molecule is N=C1N(O)C(N)=CCN1N1CCCCC1. The first kappa shape index (κ1) is 10.3. The summed E-state index contributed by atoms with van der Waals surface area (Å²) in [5.74, 6) is 0.269. The van der Waals surface area contributed by atoms with Crippen molar-refractivity contribution in [1.82, 2.24) is 15.1 Å². The molecule has 0 radical (unpaired) electrons. The molecule has 2 rings (SSSR count). The molecule has 6 nitrogen and oxygen atoms in total. The van der Waals surface area contributed by atoms with Crippen LogP contribution in [0.1, 0.15) is 19.3 Å². The van der Waals surface area contributed by atoms with Crippen LogP contribution in [0.25, 0.3) is 0 Å². The lowest BCUT2D eigenvalue weighted by atomic mass is 10.2. The highest BCUT2D eigenvalue weighted by Crippen LogP contribution is 2.16. The summed E-state index contributed by atoms with van der Waals surface area (Å²) in [5, 5.41) is 21.8. The number of hydroxylamine groups is 2. The number of nitrogens with one attached hydrogen (secondary N) is 1. The third-order valence-electron chi connectivity index (χ3n) is 2.84. The molecule has 0 aromatic rings. The van der Waals surface area contributed by atoms with Crippen LogP contribution < -0.4 is 5.73 Å². The van der Waals surface area contributed by atoms with E-state index in [9.17, 15) is 5.21 Å². The second kappa shape index (κ2) is 4.08. The number of rotatable bonds is 1. The summed E-state index contributed by atoms with van der Waals surface area (Å²) in [6.45, 7) is 2.47. The van der Waals surface area contributed by atoms with Crippen LogP contribution in [0.5, 0.6) is 0 Å². The number of hydrogen-bond donors (Lipinski definition) is 3. The Morgan fingerprint density at radius 3 is 2.60 bits per heavy atom. The van der Waals surface area contributed by atoms with Crippen LogP contribution in [0.4, 0.5) is 0 Å². The molecule has 0 aromatic heterocycles. The van der Waals surface area contributed by atoms with Gasteiger partial charge in [-0.1, -0.05) is 6.42 Å². The van der Waals surface area contributed by atoms with E-state index >= 15 is 0 Å². The average Bonchev–Trinajstić information content (AvgIpc) is 2.27. The molecule has 2 aliphatic heterocycles. The molecule has 84 valence electrons. The zero-order valence-electron chi connectivity index (χ0n) is 8.69. The second-order valence-electron chi connectivity index (χ2n) is 3.86. The van der Waals surface area contributed by atoms with E-state index < -0.39 is 0 Å². The van der Waals surface area contributed by atoms with Crippen LogP contribution in [-0.2, 0) is 0 Å². The molecule has 2 heterocycles. The van der Waals surface area contributed by atoms with Crippen molar-refractivity contribution in [2.75, 3.05) is 19.6 Å². The number of nitrogens with zero attached hydrogens (tertiary/aromatic N) is 3. The minimum absolute atomic E-state index is 0.0388. The van der Waals surface area contributed by atoms with Gasteiger partial charge < -0.3 is 5.73 Å². The summed E-state index contributed by atoms with van der Waals surface area (Å²) < 4.78 is 0. The van der Waals surface area contributed by atoms with Gasteiger partial charge >= 0.3 is 0 Å². The van der Waals surface area contributed by atoms with Gasteiger partial charge in [-0.2, -0.15) is 5.06 Å². The van der Waals surface area contributed by atoms with Crippen LogP contribution in [0.2, 0.25) is 0 Å². The standard InChI is InChI=1S/C9H17N5O/c10-8-4-7-13(9(11)14(8)15)12-5-2-1-3-6-12/h4,11,15H,1-3,5-7,10H2. The van der Waals surface area contributed by atoms with E-state index in [0.29, 0.717) is 6.54 Å². The number of hydrazine groups is 1. The van der Waals surface area contributed by atoms with Gasteiger partial charge in [-0.3, -0.25) is 15.6 Å². The summed E-state index contributed by atoms with van der Waals surface area (Å²) in [7, 11) is 0. The molecule has 1 fully saturated rings. The quantitative estimate of drug-likeness (QED) is 0.574. The van der Waals surface area contributed by atoms with Crippen LogP contribution in [-0.4, -0.2) is 45.9 Å². The summed E-state index contributed by atoms with van der Waals surface area (Å²) >= 11 is 0. The normalized spacial score (nSPS) is 24.3. The van der Waals surface area contributed by atoms with Gasteiger partial charge in [0.05, 0.1) is 6.54 Å². The Bertz CT molecular complexity index is 284. The smallest absolute Gasteiger partial charge is 0.239 e. The number of piperidine rings is 1. The highest BCUT2D eigenvalue weighted by atomic mass is 16.5. The Balaban J connectivity index is 2.06. The molecule has 1 saturated heterocycles. The van der Waals surface area contributed by atoms with Gasteiger partial charge in [-0.05, 0) is 18.9 Å². The van der Waals surface area contributed by atoms with Crippen molar-refractivity contribution in [2.45, 2.75) is 19.3 Å². The van der Waals surface area contributed by atoms with Crippen LogP contribution in [0, 0.1) is 5.41 Å². The van der Waals surface area contributed by atoms with E-state index in [1.165, 1.54) is 6.42 Å². The first-order valence-electron chi connectivity index (χ1n) is 5.26. The van der Waals surface area contributed by atoms with Crippen molar-refractivity contribution >= 4 is 5.96 Å². The molecule has 0 saturated carbocycles. The van der Waals surface area contributed by atoms with Gasteiger partial charge in [0.2, 0.25) is 5.96 Å². The molecular formula is C9H17N5O. The fourth-order valence-electron chi connectivity index (χ4n) is 1.95. The van der Waals surface area contributed by atoms with Gasteiger partial charge in [-0.25, -0.2) is 5.01 Å². The van der Waals surface area contributed by atoms with Crippen LogP contribution >= 0.6 is 0 Å². The topological polar surface area (TPSA) is 79.8 Å². The Kier molecular flexibility index (Phi) is 2.79. The Morgan fingerprint density at radius 2 is 1.93 bits per heavy atom. The molecule has 0 unspecified atom stereocenters. The lowest BCUT2D eigenvalue weighted by Gasteiger charge is -2.41. The fraction of sp³-hybridized carbons (Fsp3) is 0.667. The fourth-order valence-corrected chi connectivity index (χ4v) is 1.95. The molecular weight excluding hydrogens is 194 g/mol. The summed E-state index contributed by atoms with van der Waals surface area (Å²) in [5.41, 5.74) is 5.51. The molecule has 2 aliphatic rings. The van der Waals surface area contributed by atoms with E-state index in [1.54, 1.807) is 11.1 Å². The maximum atomic E-state index is 9.49. The van der Waals surface area contributed by atoms with E-state index in [0.717, 1.165) is 31.0 Å². The van der Waals surface area contributed by atoms with E-state index in [-0.39, 0.29) is 11.8 Å². The highest BCUT2D eigenvalue weighted by Gasteiger charge is 2.27. The van der Waals surface area contributed by atoms with E-state index in [2.05, 4.69) is 5.01 Å². The second-order valence-corrected chi connectivity index (χ2v) is 3.86. The zero-order valence-corrected chi connectivity index (χ0v) is 8.69. The van der Waals surface area contributed by atoms with Gasteiger partial charge in [-0.15, -0.1) is 0 Å². The molecule has 15 heavy (non-hydrogen) atoms. The first-order valence-corrected chi connectivity index (χ1v) is 5.26. The van der Waals surface area contributed by atoms with Crippen molar-refractivity contribution < 1.29 is 5.21 Å². The highest BCUT2D eigenvalue weighted by molar-refractivity contribution is 5.78. The molecule has 0 bridgehead atoms. The Hall–Kier alpha value is -1.27. The number of hydrogen-bond acceptors (Lipinski definition) is 4. The largest absolute Gasteiger partial charge is 0.383 e. The minimum atomic E-state index is 0.0388. The Morgan fingerprint density at radius 1 is 1.27 bits per heavy atom. The summed E-state index contributed by atoms with van der Waals surface area (Å²) in [4.78, 5) is 0. The Labute approximate surface area is 89.0 Å².